The summed E-state index contributed by atoms with van der Waals surface area (Å²) in [6, 6.07) is 1.38. The second kappa shape index (κ2) is 4.09. The Kier molecular flexibility index (Phi) is 3.08. The van der Waals surface area contributed by atoms with Gasteiger partial charge in [-0.1, -0.05) is 11.6 Å². The molecule has 1 rings (SSSR count). The van der Waals surface area contributed by atoms with Crippen LogP contribution in [-0.4, -0.2) is 22.7 Å². The SMILES string of the molecule is CCOc1cc(Cl)c(C(=O)O)cn1. The van der Waals surface area contributed by atoms with Crippen LogP contribution in [-0.2, 0) is 0 Å². The summed E-state index contributed by atoms with van der Waals surface area (Å²) >= 11 is 5.66. The first-order chi connectivity index (χ1) is 6.15. The summed E-state index contributed by atoms with van der Waals surface area (Å²) in [5.74, 6) is -0.766. The summed E-state index contributed by atoms with van der Waals surface area (Å²) < 4.78 is 5.03. The Hall–Kier alpha value is -1.29. The number of aromatic carboxylic acids is 1. The second-order valence-corrected chi connectivity index (χ2v) is 2.65. The average Bonchev–Trinajstić information content (AvgIpc) is 2.04. The van der Waals surface area contributed by atoms with Gasteiger partial charge in [0.05, 0.1) is 17.2 Å². The number of hydrogen-bond donors (Lipinski definition) is 1. The van der Waals surface area contributed by atoms with Crippen molar-refractivity contribution in [3.05, 3.63) is 22.8 Å². The van der Waals surface area contributed by atoms with E-state index in [4.69, 9.17) is 21.4 Å². The lowest BCUT2D eigenvalue weighted by Gasteiger charge is -2.02. The van der Waals surface area contributed by atoms with E-state index in [1.54, 1.807) is 6.92 Å². The summed E-state index contributed by atoms with van der Waals surface area (Å²) in [4.78, 5) is 14.3. The fourth-order valence-corrected chi connectivity index (χ4v) is 1.02. The van der Waals surface area contributed by atoms with E-state index < -0.39 is 5.97 Å². The van der Waals surface area contributed by atoms with Gasteiger partial charge in [-0.15, -0.1) is 0 Å². The van der Waals surface area contributed by atoms with Gasteiger partial charge in [0.25, 0.3) is 0 Å². The van der Waals surface area contributed by atoms with Gasteiger partial charge in [-0.05, 0) is 6.92 Å². The van der Waals surface area contributed by atoms with Gasteiger partial charge in [-0.3, -0.25) is 0 Å². The number of ether oxygens (including phenoxy) is 1. The Bertz CT molecular complexity index is 327. The van der Waals surface area contributed by atoms with Crippen molar-refractivity contribution in [2.75, 3.05) is 6.61 Å². The number of rotatable bonds is 3. The number of aromatic nitrogens is 1. The molecule has 0 unspecified atom stereocenters. The van der Waals surface area contributed by atoms with Crippen LogP contribution in [0.1, 0.15) is 17.3 Å². The number of carbonyl (C=O) groups is 1. The largest absolute Gasteiger partial charge is 0.478 e. The molecule has 70 valence electrons. The van der Waals surface area contributed by atoms with Crippen molar-refractivity contribution in [3.8, 4) is 5.88 Å². The predicted molar refractivity (Wildman–Crippen MR) is 47.4 cm³/mol. The van der Waals surface area contributed by atoms with Crippen LogP contribution in [0.2, 0.25) is 5.02 Å². The lowest BCUT2D eigenvalue weighted by atomic mass is 10.3. The molecule has 0 aliphatic rings. The highest BCUT2D eigenvalue weighted by Crippen LogP contribution is 2.19. The van der Waals surface area contributed by atoms with Crippen molar-refractivity contribution < 1.29 is 14.6 Å². The smallest absolute Gasteiger partial charge is 0.338 e. The zero-order chi connectivity index (χ0) is 9.84. The highest BCUT2D eigenvalue weighted by Gasteiger charge is 2.09. The van der Waals surface area contributed by atoms with Crippen LogP contribution >= 0.6 is 11.6 Å². The quantitative estimate of drug-likeness (QED) is 0.811. The third-order valence-electron chi connectivity index (χ3n) is 1.35. The van der Waals surface area contributed by atoms with Gasteiger partial charge >= 0.3 is 5.97 Å². The van der Waals surface area contributed by atoms with E-state index in [2.05, 4.69) is 4.98 Å². The molecular formula is C8H8ClNO3. The maximum Gasteiger partial charge on any atom is 0.338 e. The molecule has 0 spiro atoms. The van der Waals surface area contributed by atoms with Crippen LogP contribution < -0.4 is 4.74 Å². The molecule has 1 aromatic rings. The molecular weight excluding hydrogens is 194 g/mol. The number of carboxylic acid groups (broad SMARTS) is 1. The van der Waals surface area contributed by atoms with E-state index in [1.165, 1.54) is 12.3 Å². The van der Waals surface area contributed by atoms with Crippen LogP contribution in [0.5, 0.6) is 5.88 Å². The first kappa shape index (κ1) is 9.80. The van der Waals surface area contributed by atoms with E-state index in [1.807, 2.05) is 0 Å². The Balaban J connectivity index is 2.98. The van der Waals surface area contributed by atoms with Gasteiger partial charge in [-0.2, -0.15) is 0 Å². The number of nitrogens with zero attached hydrogens (tertiary/aromatic N) is 1. The molecule has 0 aliphatic carbocycles. The van der Waals surface area contributed by atoms with E-state index >= 15 is 0 Å². The van der Waals surface area contributed by atoms with E-state index in [0.717, 1.165) is 0 Å². The number of hydrogen-bond acceptors (Lipinski definition) is 3. The van der Waals surface area contributed by atoms with Crippen molar-refractivity contribution >= 4 is 17.6 Å². The van der Waals surface area contributed by atoms with Crippen LogP contribution in [0.3, 0.4) is 0 Å². The van der Waals surface area contributed by atoms with Gasteiger partial charge in [0, 0.05) is 12.3 Å². The Morgan fingerprint density at radius 3 is 2.92 bits per heavy atom. The maximum atomic E-state index is 10.5. The van der Waals surface area contributed by atoms with Crippen molar-refractivity contribution in [1.82, 2.24) is 4.98 Å². The van der Waals surface area contributed by atoms with Crippen molar-refractivity contribution in [2.24, 2.45) is 0 Å². The molecule has 0 atom stereocenters. The minimum atomic E-state index is -1.10. The topological polar surface area (TPSA) is 59.4 Å². The van der Waals surface area contributed by atoms with Crippen LogP contribution in [0.4, 0.5) is 0 Å². The Morgan fingerprint density at radius 1 is 1.77 bits per heavy atom. The van der Waals surface area contributed by atoms with Crippen LogP contribution in [0, 0.1) is 0 Å². The van der Waals surface area contributed by atoms with Gasteiger partial charge in [-0.25, -0.2) is 9.78 Å². The first-order valence-corrected chi connectivity index (χ1v) is 4.04. The molecule has 0 aliphatic heterocycles. The van der Waals surface area contributed by atoms with Gasteiger partial charge < -0.3 is 9.84 Å². The molecule has 1 aromatic heterocycles. The molecule has 0 bridgehead atoms. The third-order valence-corrected chi connectivity index (χ3v) is 1.66. The van der Waals surface area contributed by atoms with E-state index in [0.29, 0.717) is 12.5 Å². The van der Waals surface area contributed by atoms with Gasteiger partial charge in [0.15, 0.2) is 0 Å². The fraction of sp³-hybridized carbons (Fsp3) is 0.250. The van der Waals surface area contributed by atoms with Crippen LogP contribution in [0.25, 0.3) is 0 Å². The summed E-state index contributed by atoms with van der Waals surface area (Å²) in [6.07, 6.45) is 1.18. The Morgan fingerprint density at radius 2 is 2.46 bits per heavy atom. The number of pyridine rings is 1. The summed E-state index contributed by atoms with van der Waals surface area (Å²) in [7, 11) is 0. The number of halogens is 1. The van der Waals surface area contributed by atoms with Gasteiger partial charge in [0.2, 0.25) is 5.88 Å². The summed E-state index contributed by atoms with van der Waals surface area (Å²) in [5.41, 5.74) is -0.0230. The monoisotopic (exact) mass is 201 g/mol. The maximum absolute atomic E-state index is 10.5. The zero-order valence-corrected chi connectivity index (χ0v) is 7.71. The highest BCUT2D eigenvalue weighted by atomic mass is 35.5. The molecule has 0 saturated carbocycles. The van der Waals surface area contributed by atoms with E-state index in [-0.39, 0.29) is 10.6 Å². The molecule has 0 saturated heterocycles. The average molecular weight is 202 g/mol. The van der Waals surface area contributed by atoms with Gasteiger partial charge in [0.1, 0.15) is 0 Å². The van der Waals surface area contributed by atoms with Crippen molar-refractivity contribution in [2.45, 2.75) is 6.92 Å². The van der Waals surface area contributed by atoms with Crippen molar-refractivity contribution in [3.63, 3.8) is 0 Å². The molecule has 1 heterocycles. The molecule has 0 aromatic carbocycles. The lowest BCUT2D eigenvalue weighted by molar-refractivity contribution is 0.0696. The number of carboxylic acids is 1. The molecule has 5 heteroatoms. The molecule has 4 nitrogen and oxygen atoms in total. The standard InChI is InChI=1S/C8H8ClNO3/c1-2-13-7-3-6(9)5(4-10-7)8(11)12/h3-4H,2H2,1H3,(H,11,12). The molecule has 0 amide bonds. The molecule has 0 fully saturated rings. The van der Waals surface area contributed by atoms with Crippen LogP contribution in [0.15, 0.2) is 12.3 Å². The normalized spacial score (nSPS) is 9.69. The molecule has 13 heavy (non-hydrogen) atoms. The molecule has 0 radical (unpaired) electrons. The minimum Gasteiger partial charge on any atom is -0.478 e. The molecule has 1 N–H and O–H groups in total. The summed E-state index contributed by atoms with van der Waals surface area (Å²) in [6.45, 7) is 2.27. The summed E-state index contributed by atoms with van der Waals surface area (Å²) in [5, 5.41) is 8.75. The van der Waals surface area contributed by atoms with Crippen molar-refractivity contribution in [1.29, 1.82) is 0 Å². The first-order valence-electron chi connectivity index (χ1n) is 3.66. The van der Waals surface area contributed by atoms with E-state index in [9.17, 15) is 4.79 Å². The zero-order valence-electron chi connectivity index (χ0n) is 6.95. The fourth-order valence-electron chi connectivity index (χ4n) is 0.797. The predicted octanol–water partition coefficient (Wildman–Crippen LogP) is 1.83. The Labute approximate surface area is 80.1 Å². The third kappa shape index (κ3) is 2.32. The second-order valence-electron chi connectivity index (χ2n) is 2.24. The lowest BCUT2D eigenvalue weighted by Crippen LogP contribution is -2.00. The highest BCUT2D eigenvalue weighted by molar-refractivity contribution is 6.33. The minimum absolute atomic E-state index is 0.0230.